The van der Waals surface area contributed by atoms with Crippen molar-refractivity contribution in [3.63, 3.8) is 0 Å². The lowest BCUT2D eigenvalue weighted by molar-refractivity contribution is 0.451. The average molecular weight is 279 g/mol. The Kier molecular flexibility index (Phi) is 9.38. The molecular formula is C17H33N3. The van der Waals surface area contributed by atoms with Crippen molar-refractivity contribution >= 4 is 0 Å². The fraction of sp³-hybridized carbons (Fsp3) is 0.824. The van der Waals surface area contributed by atoms with Crippen molar-refractivity contribution in [2.75, 3.05) is 6.54 Å². The Bertz CT molecular complexity index is 333. The average Bonchev–Trinajstić information content (AvgIpc) is 2.87. The number of aryl methyl sites for hydroxylation is 1. The molecule has 0 aromatic carbocycles. The molecule has 1 unspecified atom stereocenters. The monoisotopic (exact) mass is 279 g/mol. The summed E-state index contributed by atoms with van der Waals surface area (Å²) in [5.74, 6) is 0. The van der Waals surface area contributed by atoms with Crippen LogP contribution < -0.4 is 5.32 Å². The van der Waals surface area contributed by atoms with Gasteiger partial charge in [0.1, 0.15) is 0 Å². The predicted molar refractivity (Wildman–Crippen MR) is 86.9 cm³/mol. The fourth-order valence-electron chi connectivity index (χ4n) is 2.81. The second-order valence-electron chi connectivity index (χ2n) is 5.75. The molecule has 1 rings (SSSR count). The van der Waals surface area contributed by atoms with Gasteiger partial charge in [0.25, 0.3) is 0 Å². The van der Waals surface area contributed by atoms with Crippen LogP contribution in [0.2, 0.25) is 0 Å². The molecule has 0 fully saturated rings. The SMILES string of the molecule is CCCCCCCCCCC(NCC)c1ccnn1C. The number of rotatable bonds is 12. The van der Waals surface area contributed by atoms with Crippen LogP contribution in [0.1, 0.15) is 83.4 Å². The van der Waals surface area contributed by atoms with E-state index in [-0.39, 0.29) is 0 Å². The Hall–Kier alpha value is -0.830. The molecule has 0 amide bonds. The molecule has 0 aliphatic heterocycles. The molecule has 116 valence electrons. The van der Waals surface area contributed by atoms with Crippen LogP contribution in [0, 0.1) is 0 Å². The summed E-state index contributed by atoms with van der Waals surface area (Å²) in [4.78, 5) is 0. The maximum absolute atomic E-state index is 4.28. The first kappa shape index (κ1) is 17.2. The molecule has 0 spiro atoms. The third kappa shape index (κ3) is 6.56. The minimum atomic E-state index is 0.465. The van der Waals surface area contributed by atoms with Gasteiger partial charge in [-0.15, -0.1) is 0 Å². The molecule has 3 nitrogen and oxygen atoms in total. The normalized spacial score (nSPS) is 12.8. The molecule has 0 radical (unpaired) electrons. The molecule has 1 aromatic heterocycles. The zero-order valence-corrected chi connectivity index (χ0v) is 13.7. The second kappa shape index (κ2) is 10.9. The molecular weight excluding hydrogens is 246 g/mol. The van der Waals surface area contributed by atoms with Crippen LogP contribution >= 0.6 is 0 Å². The van der Waals surface area contributed by atoms with E-state index in [4.69, 9.17) is 0 Å². The van der Waals surface area contributed by atoms with Crippen LogP contribution in [0.5, 0.6) is 0 Å². The first-order chi connectivity index (χ1) is 9.79. The lowest BCUT2D eigenvalue weighted by Gasteiger charge is -2.18. The first-order valence-corrected chi connectivity index (χ1v) is 8.50. The summed E-state index contributed by atoms with van der Waals surface area (Å²) in [7, 11) is 2.04. The van der Waals surface area contributed by atoms with E-state index in [9.17, 15) is 0 Å². The minimum absolute atomic E-state index is 0.465. The Morgan fingerprint density at radius 2 is 1.70 bits per heavy atom. The molecule has 0 aliphatic carbocycles. The number of hydrogen-bond donors (Lipinski definition) is 1. The van der Waals surface area contributed by atoms with Crippen LogP contribution in [0.3, 0.4) is 0 Å². The molecule has 0 aliphatic rings. The van der Waals surface area contributed by atoms with Crippen molar-refractivity contribution in [1.82, 2.24) is 15.1 Å². The first-order valence-electron chi connectivity index (χ1n) is 8.50. The molecule has 3 heteroatoms. The van der Waals surface area contributed by atoms with E-state index in [1.807, 2.05) is 17.9 Å². The number of nitrogens with one attached hydrogen (secondary N) is 1. The van der Waals surface area contributed by atoms with Gasteiger partial charge >= 0.3 is 0 Å². The Morgan fingerprint density at radius 1 is 1.05 bits per heavy atom. The molecule has 1 aromatic rings. The van der Waals surface area contributed by atoms with Crippen LogP contribution in [-0.4, -0.2) is 16.3 Å². The van der Waals surface area contributed by atoms with Gasteiger partial charge in [0.2, 0.25) is 0 Å². The molecule has 1 N–H and O–H groups in total. The lowest BCUT2D eigenvalue weighted by Crippen LogP contribution is -2.23. The molecule has 0 bridgehead atoms. The summed E-state index contributed by atoms with van der Waals surface area (Å²) in [5, 5.41) is 7.87. The smallest absolute Gasteiger partial charge is 0.0550 e. The third-order valence-corrected chi connectivity index (χ3v) is 4.01. The highest BCUT2D eigenvalue weighted by Gasteiger charge is 2.12. The van der Waals surface area contributed by atoms with Gasteiger partial charge in [-0.1, -0.05) is 65.2 Å². The van der Waals surface area contributed by atoms with Crippen molar-refractivity contribution in [2.45, 2.75) is 77.7 Å². The van der Waals surface area contributed by atoms with Crippen molar-refractivity contribution in [3.05, 3.63) is 18.0 Å². The summed E-state index contributed by atoms with van der Waals surface area (Å²) >= 11 is 0. The van der Waals surface area contributed by atoms with E-state index in [1.165, 1.54) is 63.5 Å². The van der Waals surface area contributed by atoms with Crippen LogP contribution in [0.4, 0.5) is 0 Å². The standard InChI is InChI=1S/C17H33N3/c1-4-6-7-8-9-10-11-12-13-16(18-5-2)17-14-15-19-20(17)3/h14-16,18H,4-13H2,1-3H3. The largest absolute Gasteiger partial charge is 0.309 e. The number of unbranched alkanes of at least 4 members (excludes halogenated alkanes) is 7. The van der Waals surface area contributed by atoms with Crippen LogP contribution in [0.25, 0.3) is 0 Å². The number of aromatic nitrogens is 2. The van der Waals surface area contributed by atoms with E-state index < -0.39 is 0 Å². The van der Waals surface area contributed by atoms with E-state index in [2.05, 4.69) is 30.3 Å². The van der Waals surface area contributed by atoms with E-state index in [1.54, 1.807) is 0 Å². The summed E-state index contributed by atoms with van der Waals surface area (Å²) in [6, 6.07) is 2.60. The Balaban J connectivity index is 2.16. The maximum atomic E-state index is 4.28. The molecule has 0 saturated heterocycles. The highest BCUT2D eigenvalue weighted by molar-refractivity contribution is 5.06. The summed E-state index contributed by atoms with van der Waals surface area (Å²) < 4.78 is 2.00. The predicted octanol–water partition coefficient (Wildman–Crippen LogP) is 4.60. The van der Waals surface area contributed by atoms with Gasteiger partial charge < -0.3 is 5.32 Å². The summed E-state index contributed by atoms with van der Waals surface area (Å²) in [6.45, 7) is 5.48. The van der Waals surface area contributed by atoms with Gasteiger partial charge in [-0.05, 0) is 19.0 Å². The summed E-state index contributed by atoms with van der Waals surface area (Å²) in [6.07, 6.45) is 14.2. The summed E-state index contributed by atoms with van der Waals surface area (Å²) in [5.41, 5.74) is 1.31. The van der Waals surface area contributed by atoms with Crippen molar-refractivity contribution in [2.24, 2.45) is 7.05 Å². The molecule has 0 saturated carbocycles. The topological polar surface area (TPSA) is 29.9 Å². The van der Waals surface area contributed by atoms with E-state index in [0.717, 1.165) is 6.54 Å². The second-order valence-corrected chi connectivity index (χ2v) is 5.75. The highest BCUT2D eigenvalue weighted by Crippen LogP contribution is 2.19. The van der Waals surface area contributed by atoms with Gasteiger partial charge in [-0.3, -0.25) is 4.68 Å². The number of hydrogen-bond acceptors (Lipinski definition) is 2. The lowest BCUT2D eigenvalue weighted by atomic mass is 10.0. The van der Waals surface area contributed by atoms with Crippen molar-refractivity contribution in [1.29, 1.82) is 0 Å². The molecule has 1 heterocycles. The zero-order chi connectivity index (χ0) is 14.6. The van der Waals surface area contributed by atoms with Gasteiger partial charge in [-0.25, -0.2) is 0 Å². The Morgan fingerprint density at radius 3 is 2.25 bits per heavy atom. The number of nitrogens with zero attached hydrogens (tertiary/aromatic N) is 2. The maximum Gasteiger partial charge on any atom is 0.0550 e. The van der Waals surface area contributed by atoms with Gasteiger partial charge in [0, 0.05) is 19.3 Å². The van der Waals surface area contributed by atoms with Gasteiger partial charge in [0.15, 0.2) is 0 Å². The van der Waals surface area contributed by atoms with E-state index in [0.29, 0.717) is 6.04 Å². The molecule has 1 atom stereocenters. The highest BCUT2D eigenvalue weighted by atomic mass is 15.3. The van der Waals surface area contributed by atoms with E-state index >= 15 is 0 Å². The van der Waals surface area contributed by atoms with Crippen LogP contribution in [-0.2, 0) is 7.05 Å². The van der Waals surface area contributed by atoms with Gasteiger partial charge in [0.05, 0.1) is 5.69 Å². The third-order valence-electron chi connectivity index (χ3n) is 4.01. The zero-order valence-electron chi connectivity index (χ0n) is 13.7. The quantitative estimate of drug-likeness (QED) is 0.567. The van der Waals surface area contributed by atoms with Crippen LogP contribution in [0.15, 0.2) is 12.3 Å². The van der Waals surface area contributed by atoms with Crippen molar-refractivity contribution < 1.29 is 0 Å². The molecule has 20 heavy (non-hydrogen) atoms. The van der Waals surface area contributed by atoms with Crippen molar-refractivity contribution in [3.8, 4) is 0 Å². The minimum Gasteiger partial charge on any atom is -0.309 e. The van der Waals surface area contributed by atoms with Gasteiger partial charge in [-0.2, -0.15) is 5.10 Å². The fourth-order valence-corrected chi connectivity index (χ4v) is 2.81. The Labute approximate surface area is 125 Å².